The molecule has 1 aromatic heterocycles. The zero-order chi connectivity index (χ0) is 4.24. The first-order valence-electron chi connectivity index (χ1n) is 1.85. The largest absolute Gasteiger partial charge is 0.265 e. The number of rotatable bonds is 0. The molecule has 0 aromatic carbocycles. The molecule has 0 saturated carbocycles. The van der Waals surface area contributed by atoms with Crippen LogP contribution in [-0.2, 0) is 21.7 Å². The van der Waals surface area contributed by atoms with Crippen molar-refractivity contribution in [3.63, 3.8) is 0 Å². The normalized spacial score (nSPS) is 6.86. The van der Waals surface area contributed by atoms with Crippen LogP contribution >= 0.6 is 0 Å². The first-order chi connectivity index (χ1) is 3.00. The Morgan fingerprint density at radius 1 is 0.857 bits per heavy atom. The molecule has 0 aliphatic rings. The topological polar surface area (TPSA) is 12.9 Å². The van der Waals surface area contributed by atoms with Gasteiger partial charge in [0.2, 0.25) is 0 Å². The summed E-state index contributed by atoms with van der Waals surface area (Å²) in [6, 6.07) is 5.72. The molecule has 0 unspecified atom stereocenters. The summed E-state index contributed by atoms with van der Waals surface area (Å²) in [7, 11) is 0. The van der Waals surface area contributed by atoms with Crippen LogP contribution in [-0.4, -0.2) is 4.98 Å². The van der Waals surface area contributed by atoms with Crippen molar-refractivity contribution in [1.29, 1.82) is 0 Å². The maximum Gasteiger partial charge on any atom is 0.0267 e. The summed E-state index contributed by atoms with van der Waals surface area (Å²) in [5.74, 6) is 0. The molecule has 2 heteroatoms. The van der Waals surface area contributed by atoms with Gasteiger partial charge in [-0.1, -0.05) is 6.07 Å². The Bertz CT molecular complexity index is 80.0. The zero-order valence-corrected chi connectivity index (χ0v) is 5.40. The van der Waals surface area contributed by atoms with E-state index in [1.54, 1.807) is 12.4 Å². The van der Waals surface area contributed by atoms with E-state index in [-0.39, 0.29) is 21.7 Å². The predicted molar refractivity (Wildman–Crippen MR) is 24.2 cm³/mol. The minimum Gasteiger partial charge on any atom is -0.265 e. The molecule has 1 heterocycles. The first kappa shape index (κ1) is 6.86. The van der Waals surface area contributed by atoms with Crippen molar-refractivity contribution in [3.8, 4) is 0 Å². The second kappa shape index (κ2) is 4.03. The fraction of sp³-hybridized carbons (Fsp3) is 0. The van der Waals surface area contributed by atoms with E-state index in [0.29, 0.717) is 0 Å². The minimum absolute atomic E-state index is 0. The van der Waals surface area contributed by atoms with E-state index in [1.165, 1.54) is 0 Å². The third-order valence-electron chi connectivity index (χ3n) is 0.566. The van der Waals surface area contributed by atoms with Crippen LogP contribution in [0.25, 0.3) is 0 Å². The molecule has 0 atom stereocenters. The van der Waals surface area contributed by atoms with Gasteiger partial charge < -0.3 is 0 Å². The molecule has 0 fully saturated rings. The molecule has 0 bridgehead atoms. The van der Waals surface area contributed by atoms with Crippen LogP contribution in [0, 0.1) is 0 Å². The van der Waals surface area contributed by atoms with Crippen LogP contribution in [0.2, 0.25) is 0 Å². The molecule has 0 aliphatic carbocycles. The van der Waals surface area contributed by atoms with Gasteiger partial charge >= 0.3 is 0 Å². The molecule has 0 spiro atoms. The fourth-order valence-corrected chi connectivity index (χ4v) is 0.313. The van der Waals surface area contributed by atoms with Crippen LogP contribution in [0.3, 0.4) is 0 Å². The molecule has 0 radical (unpaired) electrons. The van der Waals surface area contributed by atoms with Gasteiger partial charge in [-0.15, -0.1) is 0 Å². The Kier molecular flexibility index (Phi) is 3.96. The predicted octanol–water partition coefficient (Wildman–Crippen LogP) is 1.08. The Labute approximate surface area is 57.7 Å². The quantitative estimate of drug-likeness (QED) is 0.475. The van der Waals surface area contributed by atoms with Crippen LogP contribution in [0.1, 0.15) is 0 Å². The van der Waals surface area contributed by atoms with Crippen LogP contribution in [0.5, 0.6) is 0 Å². The second-order valence-corrected chi connectivity index (χ2v) is 1.02. The summed E-state index contributed by atoms with van der Waals surface area (Å²) in [5, 5.41) is 0. The molecule has 0 amide bonds. The Hall–Kier alpha value is -0.136. The molecule has 0 aliphatic heterocycles. The number of nitrogens with zero attached hydrogens (tertiary/aromatic N) is 1. The number of aromatic nitrogens is 1. The van der Waals surface area contributed by atoms with E-state index in [9.17, 15) is 0 Å². The Morgan fingerprint density at radius 2 is 1.43 bits per heavy atom. The van der Waals surface area contributed by atoms with E-state index in [2.05, 4.69) is 4.98 Å². The summed E-state index contributed by atoms with van der Waals surface area (Å²) in [5.41, 5.74) is 0. The van der Waals surface area contributed by atoms with Gasteiger partial charge in [0, 0.05) is 34.1 Å². The molecule has 7 heavy (non-hydrogen) atoms. The molecular weight excluding hydrogens is 122 g/mol. The van der Waals surface area contributed by atoms with Gasteiger partial charge in [0.1, 0.15) is 0 Å². The van der Waals surface area contributed by atoms with Gasteiger partial charge in [-0.25, -0.2) is 0 Å². The van der Waals surface area contributed by atoms with Crippen molar-refractivity contribution >= 4 is 0 Å². The number of hydrogen-bond acceptors (Lipinski definition) is 1. The SMILES string of the molecule is [Ti].c1ccncc1. The average Bonchev–Trinajstić information content (AvgIpc) is 1.72. The van der Waals surface area contributed by atoms with E-state index < -0.39 is 0 Å². The second-order valence-electron chi connectivity index (χ2n) is 1.02. The van der Waals surface area contributed by atoms with Crippen LogP contribution < -0.4 is 0 Å². The van der Waals surface area contributed by atoms with Crippen molar-refractivity contribution < 1.29 is 21.7 Å². The minimum atomic E-state index is 0. The molecule has 0 N–H and O–H groups in total. The maximum absolute atomic E-state index is 3.78. The van der Waals surface area contributed by atoms with Gasteiger partial charge in [-0.3, -0.25) is 4.98 Å². The maximum atomic E-state index is 3.78. The Balaban J connectivity index is 0.000000360. The Morgan fingerprint density at radius 3 is 1.57 bits per heavy atom. The van der Waals surface area contributed by atoms with E-state index in [1.807, 2.05) is 18.2 Å². The van der Waals surface area contributed by atoms with Crippen molar-refractivity contribution in [2.75, 3.05) is 0 Å². The van der Waals surface area contributed by atoms with E-state index in [4.69, 9.17) is 0 Å². The van der Waals surface area contributed by atoms with Crippen LogP contribution in [0.4, 0.5) is 0 Å². The van der Waals surface area contributed by atoms with E-state index in [0.717, 1.165) is 0 Å². The smallest absolute Gasteiger partial charge is 0.0267 e. The zero-order valence-electron chi connectivity index (χ0n) is 3.83. The summed E-state index contributed by atoms with van der Waals surface area (Å²) in [4.78, 5) is 3.78. The summed E-state index contributed by atoms with van der Waals surface area (Å²) in [6.45, 7) is 0. The monoisotopic (exact) mass is 127 g/mol. The van der Waals surface area contributed by atoms with Crippen molar-refractivity contribution in [2.45, 2.75) is 0 Å². The summed E-state index contributed by atoms with van der Waals surface area (Å²) >= 11 is 0. The molecule has 34 valence electrons. The van der Waals surface area contributed by atoms with Gasteiger partial charge in [0.15, 0.2) is 0 Å². The standard InChI is InChI=1S/C5H5N.Ti/c1-2-4-6-5-3-1;/h1-5H;. The first-order valence-corrected chi connectivity index (χ1v) is 1.85. The van der Waals surface area contributed by atoms with Gasteiger partial charge in [0.25, 0.3) is 0 Å². The number of hydrogen-bond donors (Lipinski definition) is 0. The van der Waals surface area contributed by atoms with Gasteiger partial charge in [-0.2, -0.15) is 0 Å². The molecular formula is C5H5NTi. The fourth-order valence-electron chi connectivity index (χ4n) is 0.313. The van der Waals surface area contributed by atoms with Gasteiger partial charge in [0.05, 0.1) is 0 Å². The average molecular weight is 127 g/mol. The third-order valence-corrected chi connectivity index (χ3v) is 0.566. The van der Waals surface area contributed by atoms with Crippen molar-refractivity contribution in [3.05, 3.63) is 30.6 Å². The molecule has 0 saturated heterocycles. The molecule has 1 rings (SSSR count). The van der Waals surface area contributed by atoms with E-state index >= 15 is 0 Å². The summed E-state index contributed by atoms with van der Waals surface area (Å²) < 4.78 is 0. The molecule has 1 nitrogen and oxygen atoms in total. The van der Waals surface area contributed by atoms with Gasteiger partial charge in [-0.05, 0) is 12.1 Å². The summed E-state index contributed by atoms with van der Waals surface area (Å²) in [6.07, 6.45) is 3.50. The van der Waals surface area contributed by atoms with Crippen molar-refractivity contribution in [2.24, 2.45) is 0 Å². The number of pyridine rings is 1. The van der Waals surface area contributed by atoms with Crippen molar-refractivity contribution in [1.82, 2.24) is 4.98 Å². The molecule has 1 aromatic rings. The third kappa shape index (κ3) is 2.55. The van der Waals surface area contributed by atoms with Crippen LogP contribution in [0.15, 0.2) is 30.6 Å².